The Labute approximate surface area is 592 Å². The van der Waals surface area contributed by atoms with Gasteiger partial charge in [0.2, 0.25) is 17.1 Å². The molecular formula is C81H103Cl3N10O2. The topological polar surface area (TPSA) is 107 Å². The second-order valence-electron chi connectivity index (χ2n) is 29.6. The van der Waals surface area contributed by atoms with Crippen LogP contribution < -0.4 is 77.9 Å². The number of benzene rings is 6. The normalized spacial score (nSPS) is 19.4. The molecule has 96 heavy (non-hydrogen) atoms. The monoisotopic (exact) mass is 1350 g/mol. The summed E-state index contributed by atoms with van der Waals surface area (Å²) in [6.45, 7) is 27.4. The van der Waals surface area contributed by atoms with E-state index in [-0.39, 0.29) is 76.3 Å². The first-order valence-corrected chi connectivity index (χ1v) is 32.6. The maximum atomic E-state index is 9.56. The minimum Gasteiger partial charge on any atom is -1.00 e. The summed E-state index contributed by atoms with van der Waals surface area (Å²) >= 11 is 0. The zero-order valence-electron chi connectivity index (χ0n) is 61.0. The van der Waals surface area contributed by atoms with Crippen molar-refractivity contribution in [1.29, 1.82) is 0 Å². The van der Waals surface area contributed by atoms with Gasteiger partial charge in [0, 0.05) is 176 Å². The number of nitrogens with zero attached hydrogens (tertiary/aromatic N) is 8. The quantitative estimate of drug-likeness (QED) is 0.105. The van der Waals surface area contributed by atoms with Gasteiger partial charge in [0.05, 0.1) is 30.0 Å². The molecule has 6 heterocycles. The molecule has 0 atom stereocenters. The van der Waals surface area contributed by atoms with Gasteiger partial charge in [0.15, 0.2) is 17.1 Å². The minimum atomic E-state index is -0.127. The van der Waals surface area contributed by atoms with Crippen LogP contribution in [0.15, 0.2) is 181 Å². The Morgan fingerprint density at radius 3 is 1.14 bits per heavy atom. The SMILES string of the molecule is CN(C)c1ccc2c(c1)C(C)(C)C(=CC=CC1=[N+](C)c3ccc(N(C)C)cc3C1(C)C)N2C.CN1C(=CC=CC2=[N+](C)c3ccc(N)cc3C2(C)C)C(C)(C)c2cc(N)ccc21.COc1ccc2c(c1)C(C)(C)C(C=CC=C1N(C)c3ccc(CO)cc3C1(C)C)=[N+]2C.[Cl-].[Cl-].[Cl-]. The van der Waals surface area contributed by atoms with Crippen molar-refractivity contribution in [2.24, 2.45) is 0 Å². The fourth-order valence-corrected chi connectivity index (χ4v) is 15.5. The molecule has 0 saturated heterocycles. The predicted octanol–water partition coefficient (Wildman–Crippen LogP) is 6.49. The first-order chi connectivity index (χ1) is 43.5. The van der Waals surface area contributed by atoms with Gasteiger partial charge in [0.1, 0.15) is 26.9 Å². The largest absolute Gasteiger partial charge is 1.00 e. The van der Waals surface area contributed by atoms with Crippen LogP contribution in [0.2, 0.25) is 0 Å². The van der Waals surface area contributed by atoms with Gasteiger partial charge in [-0.2, -0.15) is 13.7 Å². The molecular weight excluding hydrogens is 1250 g/mol. The van der Waals surface area contributed by atoms with Crippen molar-refractivity contribution < 1.29 is 60.8 Å². The van der Waals surface area contributed by atoms with Crippen LogP contribution in [0.1, 0.15) is 122 Å². The number of hydrogen-bond acceptors (Lipinski definition) is 9. The molecule has 0 spiro atoms. The van der Waals surface area contributed by atoms with Crippen molar-refractivity contribution in [3.8, 4) is 5.75 Å². The number of rotatable bonds is 10. The van der Waals surface area contributed by atoms with Crippen molar-refractivity contribution in [2.75, 3.05) is 114 Å². The van der Waals surface area contributed by atoms with Gasteiger partial charge < -0.3 is 83.0 Å². The lowest BCUT2D eigenvalue weighted by atomic mass is 9.81. The van der Waals surface area contributed by atoms with Crippen LogP contribution in [0.3, 0.4) is 0 Å². The molecule has 12 nitrogen and oxygen atoms in total. The molecule has 0 unspecified atom stereocenters. The van der Waals surface area contributed by atoms with E-state index in [0.717, 1.165) is 22.7 Å². The summed E-state index contributed by atoms with van der Waals surface area (Å²) in [6, 6.07) is 38.5. The molecule has 0 saturated carbocycles. The van der Waals surface area contributed by atoms with Crippen LogP contribution in [0.5, 0.6) is 5.75 Å². The molecule has 6 aromatic rings. The third-order valence-corrected chi connectivity index (χ3v) is 21.2. The summed E-state index contributed by atoms with van der Waals surface area (Å²) < 4.78 is 12.3. The van der Waals surface area contributed by atoms with Crippen LogP contribution in [-0.2, 0) is 39.1 Å². The molecule has 6 aliphatic rings. The van der Waals surface area contributed by atoms with E-state index in [4.69, 9.17) is 16.2 Å². The maximum absolute atomic E-state index is 9.56. The van der Waals surface area contributed by atoms with Gasteiger partial charge in [-0.15, -0.1) is 0 Å². The number of nitrogens with two attached hydrogens (primary N) is 2. The molecule has 5 N–H and O–H groups in total. The maximum Gasteiger partial charge on any atom is 0.209 e. The Balaban J connectivity index is 0.000000200. The highest BCUT2D eigenvalue weighted by Crippen LogP contribution is 2.51. The number of anilines is 7. The van der Waals surface area contributed by atoms with Gasteiger partial charge in [-0.3, -0.25) is 0 Å². The summed E-state index contributed by atoms with van der Waals surface area (Å²) in [5.41, 5.74) is 39.6. The highest BCUT2D eigenvalue weighted by molar-refractivity contribution is 6.05. The number of halogens is 3. The van der Waals surface area contributed by atoms with Crippen molar-refractivity contribution in [3.05, 3.63) is 220 Å². The highest BCUT2D eigenvalue weighted by Gasteiger charge is 2.47. The van der Waals surface area contributed by atoms with Crippen molar-refractivity contribution in [2.45, 2.75) is 122 Å². The van der Waals surface area contributed by atoms with Crippen LogP contribution >= 0.6 is 0 Å². The average Bonchev–Trinajstić information content (AvgIpc) is 1.64. The van der Waals surface area contributed by atoms with E-state index in [1.807, 2.05) is 24.3 Å². The van der Waals surface area contributed by atoms with Gasteiger partial charge in [-0.25, -0.2) is 0 Å². The molecule has 15 heteroatoms. The molecule has 510 valence electrons. The zero-order chi connectivity index (χ0) is 68.0. The van der Waals surface area contributed by atoms with E-state index in [1.165, 1.54) is 113 Å². The standard InChI is InChI=1S/C29H39N4.C27H33N2O2.C25H31N4.3ClH/c1-28(2)22-18-20(30(5)6)14-16-24(22)32(9)26(28)12-11-13-27-29(3,4)23-19-21(31(7)8)15-17-25(23)33(27)10;1-26(2)20-15-18(17-30)11-13-22(20)28(5)24(26)9-8-10-25-27(3,4)21-16-19(31-7)12-14-23(21)29(25)6;1-24(2)18-14-16(26)10-12-20(18)28(5)22(24)8-7-9-23-25(3,4)19-15-17(27)11-13-21(19)29(23)6;;;/h11-19H,1-10H3;8-16,30H,17H2,1-7H3;7-15H,26-27H2,1-6H3;3*1H/q3*+1;;;/p-3. The molecule has 0 aromatic heterocycles. The van der Waals surface area contributed by atoms with Crippen LogP contribution in [-0.4, -0.2) is 114 Å². The number of allylic oxidation sites excluding steroid dienone is 12. The molecule has 0 aliphatic carbocycles. The Kier molecular flexibility index (Phi) is 21.6. The third kappa shape index (κ3) is 12.8. The van der Waals surface area contributed by atoms with E-state index < -0.39 is 0 Å². The summed E-state index contributed by atoms with van der Waals surface area (Å²) in [5.74, 6) is 0.891. The molecule has 0 amide bonds. The van der Waals surface area contributed by atoms with Crippen LogP contribution in [0.25, 0.3) is 0 Å². The van der Waals surface area contributed by atoms with E-state index in [2.05, 4.69) is 331 Å². The summed E-state index contributed by atoms with van der Waals surface area (Å²) in [5, 5.41) is 9.56. The fraction of sp³-hybridized carbons (Fsp3) is 0.370. The molecule has 0 radical (unpaired) electrons. The van der Waals surface area contributed by atoms with Gasteiger partial charge >= 0.3 is 0 Å². The number of ether oxygens (including phenoxy) is 1. The molecule has 6 aromatic carbocycles. The summed E-state index contributed by atoms with van der Waals surface area (Å²) in [6.07, 6.45) is 20.1. The molecule has 0 bridgehead atoms. The molecule has 6 aliphatic heterocycles. The average molecular weight is 1360 g/mol. The Morgan fingerprint density at radius 1 is 0.417 bits per heavy atom. The van der Waals surface area contributed by atoms with Crippen molar-refractivity contribution >= 4 is 74.0 Å². The second kappa shape index (κ2) is 27.5. The predicted molar refractivity (Wildman–Crippen MR) is 396 cm³/mol. The van der Waals surface area contributed by atoms with E-state index in [0.29, 0.717) is 0 Å². The van der Waals surface area contributed by atoms with Crippen molar-refractivity contribution in [3.63, 3.8) is 0 Å². The van der Waals surface area contributed by atoms with Gasteiger partial charge in [-0.05, 0) is 161 Å². The Morgan fingerprint density at radius 2 is 0.729 bits per heavy atom. The number of aliphatic hydroxyl groups is 1. The van der Waals surface area contributed by atoms with E-state index in [1.54, 1.807) is 7.11 Å². The Hall–Kier alpha value is -8.00. The number of fused-ring (bicyclic) bond motifs is 6. The second-order valence-corrected chi connectivity index (χ2v) is 29.6. The third-order valence-electron chi connectivity index (χ3n) is 21.2. The number of methoxy groups -OCH3 is 1. The van der Waals surface area contributed by atoms with Crippen LogP contribution in [0.4, 0.5) is 56.9 Å². The number of likely N-dealkylation sites (N-methyl/N-ethyl adjacent to an activating group) is 3. The number of aliphatic hydroxyl groups excluding tert-OH is 1. The Bertz CT molecular complexity index is 4320. The number of hydrogen-bond donors (Lipinski definition) is 3. The minimum absolute atomic E-state index is 0. The lowest BCUT2D eigenvalue weighted by Crippen LogP contribution is -3.00. The zero-order valence-corrected chi connectivity index (χ0v) is 63.3. The number of nitrogen functional groups attached to an aromatic ring is 2. The summed E-state index contributed by atoms with van der Waals surface area (Å²) in [4.78, 5) is 11.2. The lowest BCUT2D eigenvalue weighted by Gasteiger charge is -2.24. The highest BCUT2D eigenvalue weighted by atomic mass is 35.5. The molecule has 0 fully saturated rings. The molecule has 12 rings (SSSR count). The lowest BCUT2D eigenvalue weighted by molar-refractivity contribution is -0.401. The first-order valence-electron chi connectivity index (χ1n) is 32.6. The fourth-order valence-electron chi connectivity index (χ4n) is 15.5. The smallest absolute Gasteiger partial charge is 0.209 e. The van der Waals surface area contributed by atoms with Crippen LogP contribution in [0, 0.1) is 0 Å². The van der Waals surface area contributed by atoms with Crippen molar-refractivity contribution in [1.82, 2.24) is 0 Å². The first kappa shape index (κ1) is 75.4. The van der Waals surface area contributed by atoms with Gasteiger partial charge in [0.25, 0.3) is 0 Å². The van der Waals surface area contributed by atoms with E-state index >= 15 is 0 Å². The summed E-state index contributed by atoms with van der Waals surface area (Å²) in [7, 11) is 23.0. The van der Waals surface area contributed by atoms with Gasteiger partial charge in [-0.1, -0.05) is 71.9 Å². The van der Waals surface area contributed by atoms with E-state index in [9.17, 15) is 5.11 Å².